The number of aryl methyl sites for hydroxylation is 2. The fourth-order valence-corrected chi connectivity index (χ4v) is 4.26. The van der Waals surface area contributed by atoms with Crippen LogP contribution in [0.4, 0.5) is 4.39 Å². The zero-order valence-corrected chi connectivity index (χ0v) is 18.7. The molecule has 1 aliphatic rings. The van der Waals surface area contributed by atoms with E-state index in [1.54, 1.807) is 38.8 Å². The first kappa shape index (κ1) is 21.0. The zero-order valence-electron chi connectivity index (χ0n) is 18.7. The Hall–Kier alpha value is -3.88. The number of carbonyl (C=O) groups excluding carboxylic acids is 1. The molecule has 1 aromatic carbocycles. The molecule has 0 fully saturated rings. The van der Waals surface area contributed by atoms with Crippen molar-refractivity contribution >= 4 is 11.6 Å². The minimum atomic E-state index is -0.218. The maximum atomic E-state index is 14.5. The summed E-state index contributed by atoms with van der Waals surface area (Å²) in [5.41, 5.74) is 4.93. The summed E-state index contributed by atoms with van der Waals surface area (Å²) in [5, 5.41) is 8.36. The summed E-state index contributed by atoms with van der Waals surface area (Å²) in [5.74, 6) is 1.13. The summed E-state index contributed by atoms with van der Waals surface area (Å²) in [6, 6.07) is 6.71. The Morgan fingerprint density at radius 3 is 2.82 bits per heavy atom. The molecule has 3 aromatic heterocycles. The van der Waals surface area contributed by atoms with Gasteiger partial charge < -0.3 is 9.64 Å². The molecule has 0 bridgehead atoms. The lowest BCUT2D eigenvalue weighted by Crippen LogP contribution is -2.23. The topological polar surface area (TPSA) is 85.5 Å². The second-order valence-corrected chi connectivity index (χ2v) is 8.24. The molecule has 4 aromatic rings. The maximum absolute atomic E-state index is 14.5. The minimum Gasteiger partial charge on any atom is -0.493 e. The van der Waals surface area contributed by atoms with Crippen LogP contribution in [-0.2, 0) is 19.3 Å². The van der Waals surface area contributed by atoms with Crippen molar-refractivity contribution in [3.05, 3.63) is 70.9 Å². The summed E-state index contributed by atoms with van der Waals surface area (Å²) in [6.07, 6.45) is 5.10. The van der Waals surface area contributed by atoms with E-state index in [9.17, 15) is 9.18 Å². The summed E-state index contributed by atoms with van der Waals surface area (Å²) in [7, 11) is 3.39. The van der Waals surface area contributed by atoms with E-state index >= 15 is 0 Å². The molecule has 0 saturated carbocycles. The van der Waals surface area contributed by atoms with Gasteiger partial charge in [0.2, 0.25) is 0 Å². The zero-order chi connectivity index (χ0) is 23.1. The largest absolute Gasteiger partial charge is 0.493 e. The maximum Gasteiger partial charge on any atom is 0.271 e. The third kappa shape index (κ3) is 3.69. The van der Waals surface area contributed by atoms with Crippen LogP contribution in [0.1, 0.15) is 33.1 Å². The van der Waals surface area contributed by atoms with Crippen molar-refractivity contribution in [2.24, 2.45) is 0 Å². The van der Waals surface area contributed by atoms with E-state index in [1.807, 2.05) is 17.4 Å². The van der Waals surface area contributed by atoms with E-state index in [0.29, 0.717) is 42.0 Å². The van der Waals surface area contributed by atoms with Crippen molar-refractivity contribution in [2.75, 3.05) is 20.7 Å². The smallest absolute Gasteiger partial charge is 0.271 e. The second-order valence-electron chi connectivity index (χ2n) is 8.24. The Labute approximate surface area is 190 Å². The van der Waals surface area contributed by atoms with Crippen LogP contribution in [0, 0.1) is 12.7 Å². The Kier molecular flexibility index (Phi) is 5.24. The Morgan fingerprint density at radius 1 is 1.18 bits per heavy atom. The molecule has 33 heavy (non-hydrogen) atoms. The van der Waals surface area contributed by atoms with Gasteiger partial charge in [0.05, 0.1) is 6.61 Å². The molecule has 0 aliphatic carbocycles. The van der Waals surface area contributed by atoms with Crippen LogP contribution in [0.3, 0.4) is 0 Å². The van der Waals surface area contributed by atoms with E-state index in [-0.39, 0.29) is 11.7 Å². The van der Waals surface area contributed by atoms with Crippen molar-refractivity contribution in [1.82, 2.24) is 29.5 Å². The van der Waals surface area contributed by atoms with E-state index in [0.717, 1.165) is 34.7 Å². The first-order valence-corrected chi connectivity index (χ1v) is 10.7. The van der Waals surface area contributed by atoms with Gasteiger partial charge in [-0.2, -0.15) is 0 Å². The second kappa shape index (κ2) is 8.23. The molecule has 5 rings (SSSR count). The fraction of sp³-hybridized carbons (Fsp3) is 0.292. The fourth-order valence-electron chi connectivity index (χ4n) is 4.26. The lowest BCUT2D eigenvalue weighted by Gasteiger charge is -2.13. The Balaban J connectivity index is 1.47. The molecule has 0 unspecified atom stereocenters. The molecule has 0 spiro atoms. The lowest BCUT2D eigenvalue weighted by atomic mass is 10.00. The van der Waals surface area contributed by atoms with Crippen LogP contribution < -0.4 is 4.74 Å². The highest BCUT2D eigenvalue weighted by atomic mass is 19.1. The molecule has 0 atom stereocenters. The number of hydrogen-bond donors (Lipinski definition) is 0. The van der Waals surface area contributed by atoms with Gasteiger partial charge in [0, 0.05) is 55.5 Å². The van der Waals surface area contributed by atoms with E-state index in [2.05, 4.69) is 20.2 Å². The molecule has 9 heteroatoms. The molecular weight excluding hydrogens is 423 g/mol. The number of hydrogen-bond acceptors (Lipinski definition) is 6. The summed E-state index contributed by atoms with van der Waals surface area (Å²) < 4.78 is 21.9. The number of amides is 1. The number of halogens is 1. The van der Waals surface area contributed by atoms with Gasteiger partial charge in [-0.3, -0.25) is 9.20 Å². The van der Waals surface area contributed by atoms with E-state index in [4.69, 9.17) is 4.74 Å². The molecule has 0 radical (unpaired) electrons. The van der Waals surface area contributed by atoms with Gasteiger partial charge in [-0.1, -0.05) is 6.07 Å². The summed E-state index contributed by atoms with van der Waals surface area (Å²) in [6.45, 7) is 2.43. The molecule has 168 valence electrons. The number of aromatic nitrogens is 5. The first-order valence-electron chi connectivity index (χ1n) is 10.7. The van der Waals surface area contributed by atoms with Crippen LogP contribution in [0.5, 0.6) is 5.75 Å². The van der Waals surface area contributed by atoms with Crippen LogP contribution in [0.15, 0.2) is 36.8 Å². The van der Waals surface area contributed by atoms with Crippen molar-refractivity contribution in [3.63, 3.8) is 0 Å². The van der Waals surface area contributed by atoms with Gasteiger partial charge in [-0.25, -0.2) is 14.4 Å². The van der Waals surface area contributed by atoms with E-state index < -0.39 is 0 Å². The van der Waals surface area contributed by atoms with E-state index in [1.165, 1.54) is 11.0 Å². The van der Waals surface area contributed by atoms with Gasteiger partial charge in [0.25, 0.3) is 5.91 Å². The minimum absolute atomic E-state index is 0.157. The number of carbonyl (C=O) groups is 1. The van der Waals surface area contributed by atoms with Crippen LogP contribution in [-0.4, -0.2) is 56.1 Å². The molecule has 1 aliphatic heterocycles. The third-order valence-electron chi connectivity index (χ3n) is 5.95. The van der Waals surface area contributed by atoms with Crippen molar-refractivity contribution in [1.29, 1.82) is 0 Å². The number of pyridine rings is 1. The quantitative estimate of drug-likeness (QED) is 0.468. The molecule has 1 amide bonds. The molecule has 4 heterocycles. The predicted octanol–water partition coefficient (Wildman–Crippen LogP) is 3.06. The van der Waals surface area contributed by atoms with Gasteiger partial charge in [0.1, 0.15) is 29.4 Å². The standard InChI is InChI=1S/C24H23FN6O2/c1-14-15(4-7-20(28-14)24(32)30(2)3)18-12-26-22(31-13-27-29-23(18)31)9-5-16-17-10-11-33-21(17)8-6-19(16)25/h4,6-8,12-13H,5,9-11H2,1-3H3. The highest BCUT2D eigenvalue weighted by molar-refractivity contribution is 5.92. The van der Waals surface area contributed by atoms with Crippen molar-refractivity contribution in [2.45, 2.75) is 26.2 Å². The summed E-state index contributed by atoms with van der Waals surface area (Å²) >= 11 is 0. The van der Waals surface area contributed by atoms with Gasteiger partial charge in [-0.15, -0.1) is 10.2 Å². The first-order chi connectivity index (χ1) is 15.9. The monoisotopic (exact) mass is 446 g/mol. The number of benzene rings is 1. The normalized spacial score (nSPS) is 12.6. The van der Waals surface area contributed by atoms with Gasteiger partial charge in [-0.05, 0) is 37.1 Å². The number of fused-ring (bicyclic) bond motifs is 2. The number of ether oxygens (including phenoxy) is 1. The SMILES string of the molecule is Cc1nc(C(=O)N(C)C)ccc1-c1cnc(CCc2c(F)ccc3c2CCO3)n2cnnc12. The van der Waals surface area contributed by atoms with Crippen LogP contribution in [0.25, 0.3) is 16.8 Å². The van der Waals surface area contributed by atoms with Crippen LogP contribution in [0.2, 0.25) is 0 Å². The number of rotatable bonds is 5. The van der Waals surface area contributed by atoms with Gasteiger partial charge >= 0.3 is 0 Å². The average Bonchev–Trinajstić information content (AvgIpc) is 3.48. The Bertz CT molecular complexity index is 1380. The highest BCUT2D eigenvalue weighted by Crippen LogP contribution is 2.31. The highest BCUT2D eigenvalue weighted by Gasteiger charge is 2.21. The third-order valence-corrected chi connectivity index (χ3v) is 5.95. The Morgan fingerprint density at radius 2 is 2.03 bits per heavy atom. The van der Waals surface area contributed by atoms with Crippen molar-refractivity contribution < 1.29 is 13.9 Å². The van der Waals surface area contributed by atoms with Gasteiger partial charge in [0.15, 0.2) is 5.65 Å². The van der Waals surface area contributed by atoms with Crippen molar-refractivity contribution in [3.8, 4) is 16.9 Å². The molecule has 8 nitrogen and oxygen atoms in total. The summed E-state index contributed by atoms with van der Waals surface area (Å²) in [4.78, 5) is 22.8. The molecular formula is C24H23FN6O2. The predicted molar refractivity (Wildman–Crippen MR) is 120 cm³/mol. The molecule has 0 saturated heterocycles. The molecule has 0 N–H and O–H groups in total. The lowest BCUT2D eigenvalue weighted by molar-refractivity contribution is 0.0822. The van der Waals surface area contributed by atoms with Crippen LogP contribution >= 0.6 is 0 Å². The average molecular weight is 446 g/mol. The number of nitrogens with zero attached hydrogens (tertiary/aromatic N) is 6.